The molecule has 0 fully saturated rings. The third kappa shape index (κ3) is 4.14. The first-order chi connectivity index (χ1) is 9.88. The third-order valence-corrected chi connectivity index (χ3v) is 4.72. The van der Waals surface area contributed by atoms with Crippen LogP contribution in [0.25, 0.3) is 0 Å². The lowest BCUT2D eigenvalue weighted by Crippen LogP contribution is -2.28. The van der Waals surface area contributed by atoms with Gasteiger partial charge in [-0.15, -0.1) is 11.3 Å². The van der Waals surface area contributed by atoms with Crippen molar-refractivity contribution in [2.75, 3.05) is 13.6 Å². The number of amides is 1. The van der Waals surface area contributed by atoms with E-state index >= 15 is 0 Å². The highest BCUT2D eigenvalue weighted by Crippen LogP contribution is 2.29. The Labute approximate surface area is 130 Å². The Bertz CT molecular complexity index is 599. The molecule has 4 heteroatoms. The molecule has 0 radical (unpaired) electrons. The Kier molecular flexibility index (Phi) is 4.78. The Balaban J connectivity index is 1.98. The minimum Gasteiger partial charge on any atom is -0.341 e. The fraction of sp³-hybridized carbons (Fsp3) is 0.412. The van der Waals surface area contributed by atoms with E-state index in [0.717, 1.165) is 17.7 Å². The lowest BCUT2D eigenvalue weighted by molar-refractivity contribution is 0.0797. The number of hydrogen-bond acceptors (Lipinski definition) is 3. The summed E-state index contributed by atoms with van der Waals surface area (Å²) in [6, 6.07) is 7.88. The lowest BCUT2D eigenvalue weighted by atomic mass is 9.94. The van der Waals surface area contributed by atoms with Gasteiger partial charge in [0.15, 0.2) is 0 Å². The zero-order chi connectivity index (χ0) is 15.5. The van der Waals surface area contributed by atoms with E-state index in [1.54, 1.807) is 22.4 Å². The molecule has 0 saturated heterocycles. The van der Waals surface area contributed by atoms with Crippen molar-refractivity contribution < 1.29 is 4.79 Å². The Hall–Kier alpha value is -1.68. The molecule has 0 aromatic carbocycles. The van der Waals surface area contributed by atoms with Crippen LogP contribution in [0.3, 0.4) is 0 Å². The summed E-state index contributed by atoms with van der Waals surface area (Å²) >= 11 is 1.66. The normalized spacial score (nSPS) is 11.4. The lowest BCUT2D eigenvalue weighted by Gasteiger charge is -2.17. The van der Waals surface area contributed by atoms with Gasteiger partial charge in [-0.25, -0.2) is 0 Å². The number of rotatable bonds is 4. The number of thiophene rings is 1. The number of nitrogens with zero attached hydrogens (tertiary/aromatic N) is 2. The molecule has 0 aliphatic heterocycles. The van der Waals surface area contributed by atoms with Crippen molar-refractivity contribution in [3.8, 4) is 0 Å². The summed E-state index contributed by atoms with van der Waals surface area (Å²) in [4.78, 5) is 19.7. The summed E-state index contributed by atoms with van der Waals surface area (Å²) in [7, 11) is 1.85. The fourth-order valence-corrected chi connectivity index (χ4v) is 2.96. The number of carbonyl (C=O) groups excluding carboxylic acids is 1. The fourth-order valence-electron chi connectivity index (χ4n) is 1.99. The van der Waals surface area contributed by atoms with Crippen LogP contribution >= 0.6 is 11.3 Å². The molecule has 0 bridgehead atoms. The molecule has 0 unspecified atom stereocenters. The van der Waals surface area contributed by atoms with Crippen molar-refractivity contribution in [3.63, 3.8) is 0 Å². The standard InChI is InChI=1S/C17H22N2OS/c1-17(2,3)15-11-13(12-21-15)16(20)19(4)10-8-14-7-5-6-9-18-14/h5-7,9,11-12H,8,10H2,1-4H3. The monoisotopic (exact) mass is 302 g/mol. The zero-order valence-corrected chi connectivity index (χ0v) is 13.9. The van der Waals surface area contributed by atoms with Crippen molar-refractivity contribution in [1.82, 2.24) is 9.88 Å². The van der Waals surface area contributed by atoms with Crippen LogP contribution in [0.15, 0.2) is 35.8 Å². The highest BCUT2D eigenvalue weighted by Gasteiger charge is 2.20. The quantitative estimate of drug-likeness (QED) is 0.861. The molecule has 0 atom stereocenters. The second-order valence-electron chi connectivity index (χ2n) is 6.25. The van der Waals surface area contributed by atoms with E-state index in [2.05, 4.69) is 25.8 Å². The highest BCUT2D eigenvalue weighted by atomic mass is 32.1. The van der Waals surface area contributed by atoms with Gasteiger partial charge < -0.3 is 4.90 Å². The maximum atomic E-state index is 12.4. The molecule has 0 aliphatic rings. The third-order valence-electron chi connectivity index (χ3n) is 3.36. The SMILES string of the molecule is CN(CCc1ccccn1)C(=O)c1csc(C(C)(C)C)c1. The van der Waals surface area contributed by atoms with Crippen LogP contribution in [-0.2, 0) is 11.8 Å². The molecule has 1 amide bonds. The predicted molar refractivity (Wildman–Crippen MR) is 87.9 cm³/mol. The summed E-state index contributed by atoms with van der Waals surface area (Å²) < 4.78 is 0. The number of aromatic nitrogens is 1. The number of hydrogen-bond donors (Lipinski definition) is 0. The van der Waals surface area contributed by atoms with Gasteiger partial charge in [-0.05, 0) is 23.6 Å². The predicted octanol–water partition coefficient (Wildman–Crippen LogP) is 3.76. The minimum atomic E-state index is 0.0812. The van der Waals surface area contributed by atoms with Gasteiger partial charge in [0.1, 0.15) is 0 Å². The molecular weight excluding hydrogens is 280 g/mol. The van der Waals surface area contributed by atoms with E-state index in [4.69, 9.17) is 0 Å². The molecule has 2 aromatic heterocycles. The summed E-state index contributed by atoms with van der Waals surface area (Å²) in [6.07, 6.45) is 2.56. The van der Waals surface area contributed by atoms with Gasteiger partial charge in [0.2, 0.25) is 0 Å². The minimum absolute atomic E-state index is 0.0812. The van der Waals surface area contributed by atoms with E-state index in [1.807, 2.05) is 36.7 Å². The molecule has 0 saturated carbocycles. The van der Waals surface area contributed by atoms with Crippen LogP contribution < -0.4 is 0 Å². The largest absolute Gasteiger partial charge is 0.341 e. The number of carbonyl (C=O) groups is 1. The molecular formula is C17H22N2OS. The molecule has 0 spiro atoms. The van der Waals surface area contributed by atoms with E-state index in [9.17, 15) is 4.79 Å². The second-order valence-corrected chi connectivity index (χ2v) is 7.16. The molecule has 21 heavy (non-hydrogen) atoms. The summed E-state index contributed by atoms with van der Waals surface area (Å²) in [5.74, 6) is 0.0812. The van der Waals surface area contributed by atoms with Crippen LogP contribution in [0.4, 0.5) is 0 Å². The van der Waals surface area contributed by atoms with Crippen LogP contribution in [-0.4, -0.2) is 29.4 Å². The molecule has 2 rings (SSSR count). The van der Waals surface area contributed by atoms with Crippen molar-refractivity contribution >= 4 is 17.2 Å². The van der Waals surface area contributed by atoms with Gasteiger partial charge in [-0.3, -0.25) is 9.78 Å². The summed E-state index contributed by atoms with van der Waals surface area (Å²) in [5, 5.41) is 1.96. The van der Waals surface area contributed by atoms with Gasteiger partial charge in [0, 0.05) is 42.2 Å². The summed E-state index contributed by atoms with van der Waals surface area (Å²) in [5.41, 5.74) is 1.89. The Morgan fingerprint density at radius 2 is 2.10 bits per heavy atom. The molecule has 3 nitrogen and oxygen atoms in total. The Morgan fingerprint density at radius 1 is 1.33 bits per heavy atom. The Morgan fingerprint density at radius 3 is 2.67 bits per heavy atom. The van der Waals surface area contributed by atoms with Crippen LogP contribution in [0, 0.1) is 0 Å². The summed E-state index contributed by atoms with van der Waals surface area (Å²) in [6.45, 7) is 7.17. The van der Waals surface area contributed by atoms with Crippen LogP contribution in [0.2, 0.25) is 0 Å². The second kappa shape index (κ2) is 6.39. The molecule has 2 heterocycles. The van der Waals surface area contributed by atoms with Gasteiger partial charge in [-0.1, -0.05) is 26.8 Å². The van der Waals surface area contributed by atoms with Crippen LogP contribution in [0.5, 0.6) is 0 Å². The average molecular weight is 302 g/mol. The van der Waals surface area contributed by atoms with Crippen molar-refractivity contribution in [2.24, 2.45) is 0 Å². The first-order valence-electron chi connectivity index (χ1n) is 7.12. The van der Waals surface area contributed by atoms with Crippen molar-refractivity contribution in [1.29, 1.82) is 0 Å². The van der Waals surface area contributed by atoms with E-state index < -0.39 is 0 Å². The van der Waals surface area contributed by atoms with E-state index in [1.165, 1.54) is 4.88 Å². The van der Waals surface area contributed by atoms with Crippen molar-refractivity contribution in [3.05, 3.63) is 52.0 Å². The van der Waals surface area contributed by atoms with Gasteiger partial charge in [0.05, 0.1) is 5.56 Å². The number of likely N-dealkylation sites (N-methyl/N-ethyl adjacent to an activating group) is 1. The first-order valence-corrected chi connectivity index (χ1v) is 8.00. The molecule has 0 aliphatic carbocycles. The van der Waals surface area contributed by atoms with Gasteiger partial charge in [0.25, 0.3) is 5.91 Å². The molecule has 112 valence electrons. The maximum Gasteiger partial charge on any atom is 0.254 e. The molecule has 2 aromatic rings. The molecule has 0 N–H and O–H groups in total. The highest BCUT2D eigenvalue weighted by molar-refractivity contribution is 7.10. The van der Waals surface area contributed by atoms with Gasteiger partial charge in [-0.2, -0.15) is 0 Å². The first kappa shape index (κ1) is 15.7. The van der Waals surface area contributed by atoms with Crippen molar-refractivity contribution in [2.45, 2.75) is 32.6 Å². The topological polar surface area (TPSA) is 33.2 Å². The average Bonchev–Trinajstić information content (AvgIpc) is 2.95. The van der Waals surface area contributed by atoms with E-state index in [-0.39, 0.29) is 11.3 Å². The van der Waals surface area contributed by atoms with E-state index in [0.29, 0.717) is 6.54 Å². The maximum absolute atomic E-state index is 12.4. The van der Waals surface area contributed by atoms with Crippen LogP contribution in [0.1, 0.15) is 41.7 Å². The smallest absolute Gasteiger partial charge is 0.254 e. The van der Waals surface area contributed by atoms with Gasteiger partial charge >= 0.3 is 0 Å². The number of pyridine rings is 1. The zero-order valence-electron chi connectivity index (χ0n) is 13.1.